The van der Waals surface area contributed by atoms with Crippen LogP contribution in [0.15, 0.2) is 91.3 Å². The van der Waals surface area contributed by atoms with Crippen LogP contribution in [0.1, 0.15) is 24.5 Å². The second kappa shape index (κ2) is 12.3. The summed E-state index contributed by atoms with van der Waals surface area (Å²) in [7, 11) is 3.25. The molecule has 1 atom stereocenters. The fraction of sp³-hybridized carbons (Fsp3) is 0.257. The first-order valence-corrected chi connectivity index (χ1v) is 14.8. The van der Waals surface area contributed by atoms with E-state index in [1.54, 1.807) is 19.1 Å². The molecule has 9 nitrogen and oxygen atoms in total. The van der Waals surface area contributed by atoms with Crippen LogP contribution >= 0.6 is 0 Å². The van der Waals surface area contributed by atoms with Crippen molar-refractivity contribution in [2.24, 2.45) is 0 Å². The monoisotopic (exact) mass is 591 g/mol. The highest BCUT2D eigenvalue weighted by atomic mass is 16.5. The van der Waals surface area contributed by atoms with Gasteiger partial charge in [-0.2, -0.15) is 0 Å². The molecule has 2 amide bonds. The number of amides is 2. The first-order chi connectivity index (χ1) is 21.4. The number of anilines is 1. The van der Waals surface area contributed by atoms with Gasteiger partial charge in [0.1, 0.15) is 11.5 Å². The molecule has 0 radical (unpaired) electrons. The zero-order valence-electron chi connectivity index (χ0n) is 25.2. The van der Waals surface area contributed by atoms with Crippen LogP contribution in [0.5, 0.6) is 11.5 Å². The summed E-state index contributed by atoms with van der Waals surface area (Å²) in [6, 6.07) is 21.4. The number of fused-ring (bicyclic) bond motifs is 2. The summed E-state index contributed by atoms with van der Waals surface area (Å²) >= 11 is 0. The molecule has 1 aliphatic heterocycles. The van der Waals surface area contributed by atoms with Crippen molar-refractivity contribution in [2.45, 2.75) is 32.0 Å². The van der Waals surface area contributed by atoms with E-state index in [0.29, 0.717) is 30.3 Å². The van der Waals surface area contributed by atoms with Gasteiger partial charge in [-0.15, -0.1) is 0 Å². The van der Waals surface area contributed by atoms with Gasteiger partial charge in [0.25, 0.3) is 5.91 Å². The quantitative estimate of drug-likeness (QED) is 0.185. The summed E-state index contributed by atoms with van der Waals surface area (Å²) in [5.74, 6) is 0.815. The second-order valence-corrected chi connectivity index (χ2v) is 11.1. The molecule has 1 unspecified atom stereocenters. The minimum atomic E-state index is -1.40. The van der Waals surface area contributed by atoms with Crippen LogP contribution in [0.25, 0.3) is 21.8 Å². The molecule has 0 aliphatic carbocycles. The van der Waals surface area contributed by atoms with Gasteiger partial charge in [-0.05, 0) is 42.3 Å². The molecule has 44 heavy (non-hydrogen) atoms. The van der Waals surface area contributed by atoms with Gasteiger partial charge in [-0.25, -0.2) is 0 Å². The second-order valence-electron chi connectivity index (χ2n) is 11.1. The predicted octanol–water partition coefficient (Wildman–Crippen LogP) is 5.54. The largest absolute Gasteiger partial charge is 0.497 e. The number of hydrogen-bond donors (Lipinski definition) is 3. The lowest BCUT2D eigenvalue weighted by Gasteiger charge is -2.46. The number of para-hydroxylation sites is 2. The van der Waals surface area contributed by atoms with Crippen molar-refractivity contribution < 1.29 is 19.1 Å². The summed E-state index contributed by atoms with van der Waals surface area (Å²) in [5.41, 5.74) is 2.89. The van der Waals surface area contributed by atoms with Crippen molar-refractivity contribution in [3.63, 3.8) is 0 Å². The Balaban J connectivity index is 1.56. The fourth-order valence-corrected chi connectivity index (χ4v) is 6.26. The minimum absolute atomic E-state index is 0.214. The Labute approximate surface area is 256 Å². The van der Waals surface area contributed by atoms with Crippen LogP contribution < -0.4 is 19.7 Å². The lowest BCUT2D eigenvalue weighted by atomic mass is 9.93. The summed E-state index contributed by atoms with van der Waals surface area (Å²) in [6.07, 6.45) is 8.98. The van der Waals surface area contributed by atoms with E-state index in [-0.39, 0.29) is 24.8 Å². The van der Waals surface area contributed by atoms with Crippen molar-refractivity contribution in [1.29, 1.82) is 0 Å². The van der Waals surface area contributed by atoms with Crippen LogP contribution in [-0.4, -0.2) is 59.7 Å². The Kier molecular flexibility index (Phi) is 8.13. The Hall–Kier alpha value is -5.02. The van der Waals surface area contributed by atoms with Gasteiger partial charge in [-0.3, -0.25) is 14.5 Å². The van der Waals surface area contributed by atoms with Gasteiger partial charge >= 0.3 is 0 Å². The summed E-state index contributed by atoms with van der Waals surface area (Å²) in [5, 5.41) is 5.01. The maximum Gasteiger partial charge on any atom is 0.268 e. The maximum atomic E-state index is 15.5. The average molecular weight is 592 g/mol. The topological polar surface area (TPSA) is 103 Å². The van der Waals surface area contributed by atoms with Crippen LogP contribution in [0.3, 0.4) is 0 Å². The molecule has 3 heterocycles. The van der Waals surface area contributed by atoms with Gasteiger partial charge in [-0.1, -0.05) is 48.6 Å². The van der Waals surface area contributed by atoms with Gasteiger partial charge in [0.05, 0.1) is 26.5 Å². The number of nitrogens with one attached hydrogen (secondary N) is 3. The molecule has 3 aromatic carbocycles. The number of benzene rings is 3. The van der Waals surface area contributed by atoms with Crippen LogP contribution in [-0.2, 0) is 22.6 Å². The van der Waals surface area contributed by atoms with E-state index < -0.39 is 5.66 Å². The molecule has 5 aromatic rings. The first-order valence-electron chi connectivity index (χ1n) is 14.8. The maximum absolute atomic E-state index is 15.5. The lowest BCUT2D eigenvalue weighted by molar-refractivity contribution is -0.139. The summed E-state index contributed by atoms with van der Waals surface area (Å²) in [6.45, 7) is 2.80. The van der Waals surface area contributed by atoms with Crippen molar-refractivity contribution >= 4 is 39.3 Å². The Morgan fingerprint density at radius 1 is 0.909 bits per heavy atom. The number of H-pyrrole nitrogens is 2. The standard InChI is InChI=1S/C35H37N5O4/c1-24(41)38-35(39-17-9-4-10-18-39,20-26-21-36-30-13-7-6-12-28(26)30)34(42)40(23-25-11-5-8-14-33(25)44-3)32-22-37-31-16-15-27(43-2)19-29(31)32/h4-9,11-16,19,21-22,36-37H,10,17-18,20,23H2,1-3H3,(H,38,41). The molecular weight excluding hydrogens is 554 g/mol. The van der Waals surface area contributed by atoms with Gasteiger partial charge in [0.2, 0.25) is 5.91 Å². The summed E-state index contributed by atoms with van der Waals surface area (Å²) < 4.78 is 11.3. The first kappa shape index (κ1) is 29.1. The molecule has 6 rings (SSSR count). The zero-order valence-corrected chi connectivity index (χ0v) is 25.2. The number of ether oxygens (including phenoxy) is 2. The van der Waals surface area contributed by atoms with Gasteiger partial charge in [0.15, 0.2) is 5.66 Å². The zero-order chi connectivity index (χ0) is 30.7. The highest BCUT2D eigenvalue weighted by Crippen LogP contribution is 2.36. The van der Waals surface area contributed by atoms with Gasteiger partial charge < -0.3 is 29.7 Å². The highest BCUT2D eigenvalue weighted by Gasteiger charge is 2.48. The van der Waals surface area contributed by atoms with Crippen molar-refractivity contribution in [2.75, 3.05) is 32.2 Å². The lowest BCUT2D eigenvalue weighted by Crippen LogP contribution is -2.70. The van der Waals surface area contributed by atoms with Crippen LogP contribution in [0.4, 0.5) is 5.69 Å². The molecule has 226 valence electrons. The van der Waals surface area contributed by atoms with E-state index >= 15 is 4.79 Å². The number of aromatic nitrogens is 2. The van der Waals surface area contributed by atoms with Crippen LogP contribution in [0.2, 0.25) is 0 Å². The Morgan fingerprint density at radius 3 is 2.45 bits per heavy atom. The van der Waals surface area contributed by atoms with E-state index in [0.717, 1.165) is 39.4 Å². The van der Waals surface area contributed by atoms with Crippen molar-refractivity contribution in [1.82, 2.24) is 20.2 Å². The summed E-state index contributed by atoms with van der Waals surface area (Å²) in [4.78, 5) is 39.1. The fourth-order valence-electron chi connectivity index (χ4n) is 6.26. The van der Waals surface area contributed by atoms with Crippen LogP contribution in [0, 0.1) is 0 Å². The number of carbonyl (C=O) groups excluding carboxylic acids is 2. The number of hydrogen-bond acceptors (Lipinski definition) is 5. The molecule has 1 aliphatic rings. The highest BCUT2D eigenvalue weighted by molar-refractivity contribution is 6.08. The third kappa shape index (κ3) is 5.42. The smallest absolute Gasteiger partial charge is 0.268 e. The number of methoxy groups -OCH3 is 2. The Morgan fingerprint density at radius 2 is 1.68 bits per heavy atom. The minimum Gasteiger partial charge on any atom is -0.497 e. The van der Waals surface area contributed by atoms with Gasteiger partial charge in [0, 0.05) is 66.2 Å². The molecule has 2 aromatic heterocycles. The normalized spacial score (nSPS) is 14.8. The van der Waals surface area contributed by atoms with E-state index in [1.807, 2.05) is 79.1 Å². The number of aromatic amines is 2. The number of nitrogens with zero attached hydrogens (tertiary/aromatic N) is 2. The molecule has 0 saturated carbocycles. The van der Waals surface area contributed by atoms with E-state index in [9.17, 15) is 4.79 Å². The molecule has 0 spiro atoms. The van der Waals surface area contributed by atoms with E-state index in [2.05, 4.69) is 32.3 Å². The molecule has 9 heteroatoms. The molecular formula is C35H37N5O4. The third-order valence-corrected chi connectivity index (χ3v) is 8.38. The SMILES string of the molecule is COc1ccc2[nH]cc(N(Cc3ccccc3OC)C(=O)C(Cc3c[nH]c4ccccc34)(NC(C)=O)N3CC=CCC3)c2c1. The number of rotatable bonds is 10. The third-order valence-electron chi connectivity index (χ3n) is 8.38. The molecule has 0 saturated heterocycles. The molecule has 0 fully saturated rings. The van der Waals surface area contributed by atoms with Crippen molar-refractivity contribution in [3.05, 3.63) is 102 Å². The van der Waals surface area contributed by atoms with Crippen molar-refractivity contribution in [3.8, 4) is 11.5 Å². The van der Waals surface area contributed by atoms with E-state index in [4.69, 9.17) is 9.47 Å². The average Bonchev–Trinajstić information content (AvgIpc) is 3.67. The molecule has 3 N–H and O–H groups in total. The van der Waals surface area contributed by atoms with E-state index in [1.165, 1.54) is 6.92 Å². The molecule has 0 bridgehead atoms. The Bertz CT molecular complexity index is 1840. The number of carbonyl (C=O) groups is 2. The predicted molar refractivity (Wildman–Crippen MR) is 173 cm³/mol.